The van der Waals surface area contributed by atoms with Gasteiger partial charge < -0.3 is 5.32 Å². The third kappa shape index (κ3) is 3.81. The van der Waals surface area contributed by atoms with Gasteiger partial charge in [-0.15, -0.1) is 5.10 Å². The van der Waals surface area contributed by atoms with Gasteiger partial charge in [-0.1, -0.05) is 12.1 Å². The number of aromatic nitrogens is 6. The van der Waals surface area contributed by atoms with E-state index in [1.165, 1.54) is 0 Å². The predicted octanol–water partition coefficient (Wildman–Crippen LogP) is 2.53. The van der Waals surface area contributed by atoms with Crippen molar-refractivity contribution in [2.24, 2.45) is 0 Å². The highest BCUT2D eigenvalue weighted by Gasteiger charge is 2.33. The van der Waals surface area contributed by atoms with Crippen LogP contribution in [0, 0.1) is 0 Å². The lowest BCUT2D eigenvalue weighted by atomic mass is 10.2. The van der Waals surface area contributed by atoms with Crippen LogP contribution in [-0.2, 0) is 17.5 Å². The Bertz CT molecular complexity index is 974. The molecule has 1 aliphatic rings. The second-order valence-electron chi connectivity index (χ2n) is 6.20. The van der Waals surface area contributed by atoms with Crippen molar-refractivity contribution in [1.29, 1.82) is 0 Å². The third-order valence-electron chi connectivity index (χ3n) is 4.03. The predicted molar refractivity (Wildman–Crippen MR) is 87.4 cm³/mol. The van der Waals surface area contributed by atoms with Crippen LogP contribution in [0.25, 0.3) is 11.4 Å². The summed E-state index contributed by atoms with van der Waals surface area (Å²) in [6.07, 6.45) is -1.37. The molecular formula is C16H14F3N7O. The maximum atomic E-state index is 12.6. The molecule has 0 radical (unpaired) electrons. The van der Waals surface area contributed by atoms with Crippen LogP contribution in [0.1, 0.15) is 24.6 Å². The summed E-state index contributed by atoms with van der Waals surface area (Å²) in [6.45, 7) is -0.333. The van der Waals surface area contributed by atoms with Crippen LogP contribution in [0.15, 0.2) is 36.5 Å². The van der Waals surface area contributed by atoms with Gasteiger partial charge in [0.2, 0.25) is 5.91 Å². The fourth-order valence-corrected chi connectivity index (χ4v) is 2.63. The number of hydrogen-bond acceptors (Lipinski definition) is 5. The summed E-state index contributed by atoms with van der Waals surface area (Å²) in [7, 11) is 0. The smallest absolute Gasteiger partial charge is 0.324 e. The molecule has 1 amide bonds. The molecule has 2 heterocycles. The van der Waals surface area contributed by atoms with Crippen molar-refractivity contribution in [1.82, 2.24) is 30.0 Å². The molecule has 2 aromatic heterocycles. The van der Waals surface area contributed by atoms with Crippen molar-refractivity contribution < 1.29 is 18.0 Å². The van der Waals surface area contributed by atoms with Crippen molar-refractivity contribution in [2.45, 2.75) is 31.6 Å². The molecule has 140 valence electrons. The Hall–Kier alpha value is -3.24. The number of halogens is 3. The van der Waals surface area contributed by atoms with E-state index in [2.05, 4.69) is 25.9 Å². The second-order valence-corrected chi connectivity index (χ2v) is 6.20. The maximum Gasteiger partial charge on any atom is 0.435 e. The summed E-state index contributed by atoms with van der Waals surface area (Å²) < 4.78 is 40.4. The Balaban J connectivity index is 1.46. The highest BCUT2D eigenvalue weighted by atomic mass is 19.4. The van der Waals surface area contributed by atoms with E-state index in [0.717, 1.165) is 35.4 Å². The van der Waals surface area contributed by atoms with Crippen LogP contribution in [0.4, 0.5) is 18.9 Å². The van der Waals surface area contributed by atoms with Crippen molar-refractivity contribution in [3.8, 4) is 11.4 Å². The van der Waals surface area contributed by atoms with Gasteiger partial charge in [0.25, 0.3) is 0 Å². The van der Waals surface area contributed by atoms with Crippen molar-refractivity contribution in [2.75, 3.05) is 5.32 Å². The zero-order valence-corrected chi connectivity index (χ0v) is 13.9. The first kappa shape index (κ1) is 17.2. The Morgan fingerprint density at radius 1 is 1.26 bits per heavy atom. The van der Waals surface area contributed by atoms with E-state index >= 15 is 0 Å². The Labute approximate surface area is 151 Å². The number of benzene rings is 1. The van der Waals surface area contributed by atoms with Crippen molar-refractivity contribution in [3.05, 3.63) is 42.2 Å². The molecule has 1 aromatic carbocycles. The van der Waals surface area contributed by atoms with Gasteiger partial charge in [0, 0.05) is 17.4 Å². The number of anilines is 1. The van der Waals surface area contributed by atoms with Gasteiger partial charge in [-0.05, 0) is 41.5 Å². The lowest BCUT2D eigenvalue weighted by Crippen LogP contribution is -2.19. The van der Waals surface area contributed by atoms with Crippen LogP contribution in [0.5, 0.6) is 0 Å². The Morgan fingerprint density at radius 2 is 2.07 bits per heavy atom. The first-order chi connectivity index (χ1) is 12.9. The average Bonchev–Trinajstić information content (AvgIpc) is 3.14. The third-order valence-corrected chi connectivity index (χ3v) is 4.03. The van der Waals surface area contributed by atoms with Crippen molar-refractivity contribution >= 4 is 11.6 Å². The monoisotopic (exact) mass is 377 g/mol. The number of tetrazole rings is 1. The number of rotatable bonds is 5. The van der Waals surface area contributed by atoms with E-state index in [9.17, 15) is 18.0 Å². The van der Waals surface area contributed by atoms with E-state index in [4.69, 9.17) is 0 Å². The number of hydrogen-bond donors (Lipinski definition) is 1. The van der Waals surface area contributed by atoms with E-state index in [1.807, 2.05) is 6.07 Å². The van der Waals surface area contributed by atoms with Crippen LogP contribution in [0.2, 0.25) is 0 Å². The zero-order chi connectivity index (χ0) is 19.0. The minimum absolute atomic E-state index is 0.302. The number of alkyl halides is 3. The first-order valence-electron chi connectivity index (χ1n) is 8.19. The van der Waals surface area contributed by atoms with E-state index < -0.39 is 17.8 Å². The minimum atomic E-state index is -4.54. The SMILES string of the molecule is O=C(Cn1ccc(C(F)(F)F)n1)Nc1cccc(-c2nnnn2C2CC2)c1. The summed E-state index contributed by atoms with van der Waals surface area (Å²) in [5, 5.41) is 17.7. The lowest BCUT2D eigenvalue weighted by molar-refractivity contribution is -0.141. The summed E-state index contributed by atoms with van der Waals surface area (Å²) in [4.78, 5) is 12.1. The number of amides is 1. The molecule has 11 heteroatoms. The molecule has 0 atom stereocenters. The Morgan fingerprint density at radius 3 is 2.78 bits per heavy atom. The topological polar surface area (TPSA) is 90.5 Å². The highest BCUT2D eigenvalue weighted by Crippen LogP contribution is 2.36. The molecule has 0 unspecified atom stereocenters. The van der Waals surface area contributed by atoms with Gasteiger partial charge in [0.05, 0.1) is 6.04 Å². The summed E-state index contributed by atoms with van der Waals surface area (Å²) in [6, 6.07) is 8.08. The van der Waals surface area contributed by atoms with Crippen LogP contribution >= 0.6 is 0 Å². The summed E-state index contributed by atoms with van der Waals surface area (Å²) in [5.74, 6) is 0.112. The molecule has 8 nitrogen and oxygen atoms in total. The standard InChI is InChI=1S/C16H14F3N7O/c17-16(18,19)13-6-7-25(22-13)9-14(27)20-11-3-1-2-10(8-11)15-21-23-24-26(15)12-4-5-12/h1-3,6-8,12H,4-5,9H2,(H,20,27). The Kier molecular flexibility index (Phi) is 4.13. The van der Waals surface area contributed by atoms with Gasteiger partial charge in [0.1, 0.15) is 6.54 Å². The fraction of sp³-hybridized carbons (Fsp3) is 0.312. The minimum Gasteiger partial charge on any atom is -0.324 e. The molecule has 1 N–H and O–H groups in total. The molecular weight excluding hydrogens is 363 g/mol. The van der Waals surface area contributed by atoms with E-state index in [-0.39, 0.29) is 6.54 Å². The second kappa shape index (κ2) is 6.49. The van der Waals surface area contributed by atoms with Crippen LogP contribution in [0.3, 0.4) is 0 Å². The van der Waals surface area contributed by atoms with Gasteiger partial charge in [0.15, 0.2) is 11.5 Å². The molecule has 3 aromatic rings. The quantitative estimate of drug-likeness (QED) is 0.738. The summed E-state index contributed by atoms with van der Waals surface area (Å²) in [5.41, 5.74) is 0.193. The van der Waals surface area contributed by atoms with E-state index in [0.29, 0.717) is 17.6 Å². The van der Waals surface area contributed by atoms with E-state index in [1.54, 1.807) is 22.9 Å². The molecule has 0 bridgehead atoms. The van der Waals surface area contributed by atoms with Gasteiger partial charge in [-0.3, -0.25) is 9.48 Å². The number of carbonyl (C=O) groups is 1. The van der Waals surface area contributed by atoms with Crippen LogP contribution < -0.4 is 5.32 Å². The fourth-order valence-electron chi connectivity index (χ4n) is 2.63. The number of nitrogens with zero attached hydrogens (tertiary/aromatic N) is 6. The molecule has 4 rings (SSSR count). The molecule has 27 heavy (non-hydrogen) atoms. The van der Waals surface area contributed by atoms with Gasteiger partial charge in [-0.25, -0.2) is 4.68 Å². The van der Waals surface area contributed by atoms with Crippen molar-refractivity contribution in [3.63, 3.8) is 0 Å². The highest BCUT2D eigenvalue weighted by molar-refractivity contribution is 5.91. The number of carbonyl (C=O) groups excluding carboxylic acids is 1. The van der Waals surface area contributed by atoms with Crippen LogP contribution in [-0.4, -0.2) is 35.9 Å². The molecule has 0 spiro atoms. The maximum absolute atomic E-state index is 12.6. The largest absolute Gasteiger partial charge is 0.435 e. The molecule has 1 aliphatic carbocycles. The molecule has 1 saturated carbocycles. The normalized spacial score (nSPS) is 14.3. The zero-order valence-electron chi connectivity index (χ0n) is 13.9. The summed E-state index contributed by atoms with van der Waals surface area (Å²) >= 11 is 0. The molecule has 0 saturated heterocycles. The molecule has 0 aliphatic heterocycles. The first-order valence-corrected chi connectivity index (χ1v) is 8.19. The lowest BCUT2D eigenvalue weighted by Gasteiger charge is -2.08. The van der Waals surface area contributed by atoms with Gasteiger partial charge in [-0.2, -0.15) is 18.3 Å². The average molecular weight is 377 g/mol. The molecule has 1 fully saturated rings. The number of nitrogens with one attached hydrogen (secondary N) is 1. The van der Waals surface area contributed by atoms with Gasteiger partial charge >= 0.3 is 6.18 Å².